The number of carbonyl (C=O) groups is 2. The molecule has 2 heterocycles. The standard InChI is InChI=1S/C14H11ClO4/c15-7-3-1-6(2-4-7)12(16)10-9-8-5-18-14(19-8)13(17)11(9)10/h1-4,8-11,14H,5H2/t8?,9-,10+,11-,14?/m1/s1. The molecule has 1 aromatic rings. The minimum Gasteiger partial charge on any atom is -0.343 e. The minimum absolute atomic E-state index is 0.00516. The molecule has 3 aliphatic rings. The Morgan fingerprint density at radius 3 is 2.74 bits per heavy atom. The second-order valence-corrected chi connectivity index (χ2v) is 5.68. The molecule has 0 spiro atoms. The van der Waals surface area contributed by atoms with Crippen LogP contribution in [0.15, 0.2) is 24.3 Å². The average Bonchev–Trinajstić information content (AvgIpc) is 3.02. The van der Waals surface area contributed by atoms with E-state index in [0.29, 0.717) is 17.2 Å². The second-order valence-electron chi connectivity index (χ2n) is 5.24. The van der Waals surface area contributed by atoms with E-state index in [1.807, 2.05) is 0 Å². The molecule has 0 N–H and O–H groups in total. The SMILES string of the molecule is O=C(c1ccc(Cl)cc1)[C@@H]1[C@@H]2C(=O)C3OCC(O3)[C@H]12. The molecule has 3 fully saturated rings. The van der Waals surface area contributed by atoms with Crippen LogP contribution in [-0.4, -0.2) is 30.6 Å². The van der Waals surface area contributed by atoms with E-state index in [9.17, 15) is 9.59 Å². The van der Waals surface area contributed by atoms with Gasteiger partial charge in [-0.15, -0.1) is 0 Å². The molecule has 2 saturated heterocycles. The Morgan fingerprint density at radius 2 is 2.00 bits per heavy atom. The fraction of sp³-hybridized carbons (Fsp3) is 0.429. The zero-order valence-electron chi connectivity index (χ0n) is 9.91. The van der Waals surface area contributed by atoms with Gasteiger partial charge in [-0.2, -0.15) is 0 Å². The van der Waals surface area contributed by atoms with E-state index in [1.54, 1.807) is 24.3 Å². The van der Waals surface area contributed by atoms with Crippen LogP contribution in [0.5, 0.6) is 0 Å². The van der Waals surface area contributed by atoms with Gasteiger partial charge < -0.3 is 9.47 Å². The Bertz CT molecular complexity index is 567. The molecule has 5 heteroatoms. The van der Waals surface area contributed by atoms with Crippen molar-refractivity contribution < 1.29 is 19.1 Å². The van der Waals surface area contributed by atoms with Crippen molar-refractivity contribution in [1.82, 2.24) is 0 Å². The lowest BCUT2D eigenvalue weighted by Crippen LogP contribution is -2.30. The van der Waals surface area contributed by atoms with Crippen molar-refractivity contribution in [2.24, 2.45) is 17.8 Å². The summed E-state index contributed by atoms with van der Waals surface area (Å²) in [4.78, 5) is 24.4. The molecule has 2 aliphatic heterocycles. The number of benzene rings is 1. The average molecular weight is 279 g/mol. The fourth-order valence-corrected chi connectivity index (χ4v) is 3.36. The predicted molar refractivity (Wildman–Crippen MR) is 65.9 cm³/mol. The van der Waals surface area contributed by atoms with Crippen LogP contribution in [-0.2, 0) is 14.3 Å². The number of Topliss-reactive ketones (excluding diaryl/α,β-unsaturated/α-hetero) is 2. The third-order valence-electron chi connectivity index (χ3n) is 4.21. The van der Waals surface area contributed by atoms with Crippen molar-refractivity contribution in [3.63, 3.8) is 0 Å². The van der Waals surface area contributed by atoms with E-state index in [-0.39, 0.29) is 35.4 Å². The fourth-order valence-electron chi connectivity index (χ4n) is 3.24. The van der Waals surface area contributed by atoms with Gasteiger partial charge in [0.15, 0.2) is 11.6 Å². The summed E-state index contributed by atoms with van der Waals surface area (Å²) >= 11 is 5.81. The Kier molecular flexibility index (Phi) is 2.37. The summed E-state index contributed by atoms with van der Waals surface area (Å²) in [5.41, 5.74) is 0.605. The van der Waals surface area contributed by atoms with Gasteiger partial charge in [-0.05, 0) is 24.3 Å². The van der Waals surface area contributed by atoms with E-state index in [4.69, 9.17) is 21.1 Å². The highest BCUT2D eigenvalue weighted by atomic mass is 35.5. The van der Waals surface area contributed by atoms with Crippen molar-refractivity contribution in [2.75, 3.05) is 6.61 Å². The first-order valence-corrected chi connectivity index (χ1v) is 6.65. The summed E-state index contributed by atoms with van der Waals surface area (Å²) < 4.78 is 10.7. The summed E-state index contributed by atoms with van der Waals surface area (Å²) in [6.45, 7) is 0.419. The first kappa shape index (κ1) is 11.6. The largest absolute Gasteiger partial charge is 0.343 e. The van der Waals surface area contributed by atoms with Crippen molar-refractivity contribution >= 4 is 23.2 Å². The molecule has 1 saturated carbocycles. The summed E-state index contributed by atoms with van der Waals surface area (Å²) in [5.74, 6) is -0.529. The van der Waals surface area contributed by atoms with Crippen LogP contribution < -0.4 is 0 Å². The second kappa shape index (κ2) is 3.88. The molecule has 19 heavy (non-hydrogen) atoms. The molecule has 0 amide bonds. The smallest absolute Gasteiger partial charge is 0.218 e. The Labute approximate surface area is 114 Å². The maximum absolute atomic E-state index is 12.4. The maximum atomic E-state index is 12.4. The molecule has 1 aliphatic carbocycles. The lowest BCUT2D eigenvalue weighted by Gasteiger charge is -2.14. The molecular weight excluding hydrogens is 268 g/mol. The van der Waals surface area contributed by atoms with E-state index < -0.39 is 6.29 Å². The number of halogens is 1. The first-order chi connectivity index (χ1) is 9.16. The highest BCUT2D eigenvalue weighted by Gasteiger charge is 2.68. The first-order valence-electron chi connectivity index (χ1n) is 6.27. The van der Waals surface area contributed by atoms with Crippen LogP contribution in [0.1, 0.15) is 10.4 Å². The Balaban J connectivity index is 1.60. The zero-order chi connectivity index (χ0) is 13.1. The van der Waals surface area contributed by atoms with Gasteiger partial charge in [0.2, 0.25) is 6.29 Å². The van der Waals surface area contributed by atoms with Crippen LogP contribution in [0.3, 0.4) is 0 Å². The summed E-state index contributed by atoms with van der Waals surface area (Å²) in [5, 5.41) is 0.594. The molecule has 1 aromatic carbocycles. The number of carbonyl (C=O) groups excluding carboxylic acids is 2. The van der Waals surface area contributed by atoms with Gasteiger partial charge in [0.1, 0.15) is 0 Å². The van der Waals surface area contributed by atoms with Crippen molar-refractivity contribution in [3.05, 3.63) is 34.9 Å². The van der Waals surface area contributed by atoms with Gasteiger partial charge in [-0.3, -0.25) is 9.59 Å². The highest BCUT2D eigenvalue weighted by molar-refractivity contribution is 6.30. The molecule has 98 valence electrons. The van der Waals surface area contributed by atoms with Gasteiger partial charge in [0.25, 0.3) is 0 Å². The van der Waals surface area contributed by atoms with E-state index in [0.717, 1.165) is 0 Å². The van der Waals surface area contributed by atoms with Gasteiger partial charge >= 0.3 is 0 Å². The van der Waals surface area contributed by atoms with Gasteiger partial charge in [0.05, 0.1) is 12.7 Å². The number of rotatable bonds is 2. The van der Waals surface area contributed by atoms with E-state index in [2.05, 4.69) is 0 Å². The lowest BCUT2D eigenvalue weighted by atomic mass is 10.0. The summed E-state index contributed by atoms with van der Waals surface area (Å²) in [6.07, 6.45) is -0.844. The van der Waals surface area contributed by atoms with E-state index in [1.165, 1.54) is 0 Å². The van der Waals surface area contributed by atoms with Crippen molar-refractivity contribution in [1.29, 1.82) is 0 Å². The molecule has 0 radical (unpaired) electrons. The van der Waals surface area contributed by atoms with Gasteiger partial charge in [0, 0.05) is 28.3 Å². The molecule has 2 bridgehead atoms. The van der Waals surface area contributed by atoms with Crippen LogP contribution in [0.4, 0.5) is 0 Å². The van der Waals surface area contributed by atoms with Crippen LogP contribution >= 0.6 is 11.6 Å². The third-order valence-corrected chi connectivity index (χ3v) is 4.46. The van der Waals surface area contributed by atoms with Crippen molar-refractivity contribution in [2.45, 2.75) is 12.4 Å². The molecule has 5 atom stereocenters. The molecule has 4 rings (SSSR count). The van der Waals surface area contributed by atoms with Gasteiger partial charge in [-0.1, -0.05) is 11.6 Å². The van der Waals surface area contributed by atoms with Crippen LogP contribution in [0.2, 0.25) is 5.02 Å². The molecule has 2 unspecified atom stereocenters. The number of hydrogen-bond donors (Lipinski definition) is 0. The summed E-state index contributed by atoms with van der Waals surface area (Å²) in [6, 6.07) is 6.78. The topological polar surface area (TPSA) is 52.6 Å². The van der Waals surface area contributed by atoms with Crippen LogP contribution in [0, 0.1) is 17.8 Å². The van der Waals surface area contributed by atoms with Crippen molar-refractivity contribution in [3.8, 4) is 0 Å². The molecular formula is C14H11ClO4. The lowest BCUT2D eigenvalue weighted by molar-refractivity contribution is -0.153. The quantitative estimate of drug-likeness (QED) is 0.773. The van der Waals surface area contributed by atoms with E-state index >= 15 is 0 Å². The summed E-state index contributed by atoms with van der Waals surface area (Å²) in [7, 11) is 0. The predicted octanol–water partition coefficient (Wildman–Crippen LogP) is 1.71. The maximum Gasteiger partial charge on any atom is 0.218 e. The number of ether oxygens (including phenoxy) is 2. The Morgan fingerprint density at radius 1 is 1.26 bits per heavy atom. The monoisotopic (exact) mass is 278 g/mol. The molecule has 0 aromatic heterocycles. The normalized spacial score (nSPS) is 39.0. The third kappa shape index (κ3) is 1.60. The van der Waals surface area contributed by atoms with Gasteiger partial charge in [-0.25, -0.2) is 0 Å². The number of hydrogen-bond acceptors (Lipinski definition) is 4. The highest BCUT2D eigenvalue weighted by Crippen LogP contribution is 2.57. The minimum atomic E-state index is -0.741. The number of fused-ring (bicyclic) bond motifs is 4. The van der Waals surface area contributed by atoms with Crippen LogP contribution in [0.25, 0.3) is 0 Å². The number of ketones is 2. The Hall–Kier alpha value is -1.23. The zero-order valence-corrected chi connectivity index (χ0v) is 10.7. The molecule has 4 nitrogen and oxygen atoms in total.